The first kappa shape index (κ1) is 31.5. The summed E-state index contributed by atoms with van der Waals surface area (Å²) >= 11 is 5.84. The van der Waals surface area contributed by atoms with Crippen molar-refractivity contribution >= 4 is 34.3 Å². The maximum Gasteiger partial charge on any atom is 0.424 e. The van der Waals surface area contributed by atoms with E-state index in [-0.39, 0.29) is 22.9 Å². The third kappa shape index (κ3) is 4.97. The van der Waals surface area contributed by atoms with Crippen molar-refractivity contribution < 1.29 is 46.1 Å². The van der Waals surface area contributed by atoms with Crippen LogP contribution in [0, 0.1) is 11.6 Å². The maximum atomic E-state index is 15.2. The first-order chi connectivity index (χ1) is 21.6. The lowest BCUT2D eigenvalue weighted by atomic mass is 9.81. The predicted molar refractivity (Wildman–Crippen MR) is 153 cm³/mol. The SMILES string of the molecule is COc1cc(C(=O)NCC(O)(c2cc3c(c(-c4c(F)ccc(Cl)c4F)n2)OC[C@]3(C)C(N)=O)C(F)(F)F)cc2cn(C3CC3)nc12. The summed E-state index contributed by atoms with van der Waals surface area (Å²) in [6.07, 6.45) is -1.96. The van der Waals surface area contributed by atoms with Crippen molar-refractivity contribution in [2.45, 2.75) is 43.0 Å². The number of nitrogens with zero attached hydrogens (tertiary/aromatic N) is 3. The number of nitrogens with two attached hydrogens (primary N) is 1. The van der Waals surface area contributed by atoms with Crippen LogP contribution in [0.5, 0.6) is 11.5 Å². The Morgan fingerprint density at radius 2 is 1.96 bits per heavy atom. The molecule has 1 fully saturated rings. The fraction of sp³-hybridized carbons (Fsp3) is 0.333. The second kappa shape index (κ2) is 10.8. The normalized spacial score (nSPS) is 19.0. The highest BCUT2D eigenvalue weighted by Gasteiger charge is 2.58. The van der Waals surface area contributed by atoms with Crippen molar-refractivity contribution in [1.29, 1.82) is 0 Å². The lowest BCUT2D eigenvalue weighted by Crippen LogP contribution is -2.51. The van der Waals surface area contributed by atoms with Crippen LogP contribution in [0.2, 0.25) is 5.02 Å². The molecule has 2 aromatic heterocycles. The molecule has 0 radical (unpaired) electrons. The van der Waals surface area contributed by atoms with Gasteiger partial charge >= 0.3 is 6.18 Å². The molecule has 242 valence electrons. The highest BCUT2D eigenvalue weighted by atomic mass is 35.5. The van der Waals surface area contributed by atoms with Gasteiger partial charge in [0.15, 0.2) is 5.82 Å². The number of aliphatic hydroxyl groups is 1. The maximum absolute atomic E-state index is 15.2. The number of benzene rings is 2. The van der Waals surface area contributed by atoms with Crippen molar-refractivity contribution in [3.05, 3.63) is 70.0 Å². The van der Waals surface area contributed by atoms with Gasteiger partial charge < -0.3 is 25.6 Å². The average molecular weight is 666 g/mol. The number of hydrogen-bond acceptors (Lipinski definition) is 7. The smallest absolute Gasteiger partial charge is 0.424 e. The Hall–Kier alpha value is -4.50. The zero-order chi connectivity index (χ0) is 33.3. The molecule has 0 bridgehead atoms. The van der Waals surface area contributed by atoms with Crippen molar-refractivity contribution in [3.8, 4) is 22.8 Å². The molecule has 1 saturated carbocycles. The highest BCUT2D eigenvalue weighted by molar-refractivity contribution is 6.31. The Labute approximate surface area is 262 Å². The number of methoxy groups -OCH3 is 1. The summed E-state index contributed by atoms with van der Waals surface area (Å²) in [5, 5.41) is 17.7. The number of nitrogens with one attached hydrogen (secondary N) is 1. The minimum Gasteiger partial charge on any atom is -0.494 e. The molecule has 0 spiro atoms. The molecule has 1 unspecified atom stereocenters. The minimum absolute atomic E-state index is 0.0930. The number of alkyl halides is 3. The van der Waals surface area contributed by atoms with Crippen LogP contribution in [0.3, 0.4) is 0 Å². The molecular weight excluding hydrogens is 641 g/mol. The van der Waals surface area contributed by atoms with Gasteiger partial charge in [0.05, 0.1) is 36.0 Å². The molecule has 6 rings (SSSR count). The first-order valence-corrected chi connectivity index (χ1v) is 14.2. The number of halogens is 6. The zero-order valence-corrected chi connectivity index (χ0v) is 24.9. The van der Waals surface area contributed by atoms with E-state index in [0.29, 0.717) is 10.9 Å². The highest BCUT2D eigenvalue weighted by Crippen LogP contribution is 2.49. The Balaban J connectivity index is 1.44. The lowest BCUT2D eigenvalue weighted by Gasteiger charge is -2.31. The molecule has 2 aromatic carbocycles. The molecule has 0 saturated heterocycles. The van der Waals surface area contributed by atoms with Gasteiger partial charge in [-0.1, -0.05) is 11.6 Å². The van der Waals surface area contributed by atoms with Gasteiger partial charge in [-0.25, -0.2) is 13.8 Å². The molecule has 1 aliphatic heterocycles. The van der Waals surface area contributed by atoms with Crippen LogP contribution in [0.25, 0.3) is 22.2 Å². The molecular formula is C30H25ClF5N5O5. The van der Waals surface area contributed by atoms with Gasteiger partial charge in [-0.2, -0.15) is 18.3 Å². The van der Waals surface area contributed by atoms with Crippen molar-refractivity contribution in [2.24, 2.45) is 5.73 Å². The monoisotopic (exact) mass is 665 g/mol. The van der Waals surface area contributed by atoms with Crippen LogP contribution >= 0.6 is 11.6 Å². The number of carbonyl (C=O) groups is 2. The quantitative estimate of drug-likeness (QED) is 0.183. The Kier molecular flexibility index (Phi) is 7.39. The van der Waals surface area contributed by atoms with E-state index in [4.69, 9.17) is 26.8 Å². The summed E-state index contributed by atoms with van der Waals surface area (Å²) in [7, 11) is 1.35. The fourth-order valence-corrected chi connectivity index (χ4v) is 5.45. The number of hydrogen-bond donors (Lipinski definition) is 3. The number of primary amides is 1. The summed E-state index contributed by atoms with van der Waals surface area (Å²) in [5.74, 6) is -4.90. The molecule has 3 heterocycles. The van der Waals surface area contributed by atoms with E-state index in [1.165, 1.54) is 26.2 Å². The van der Waals surface area contributed by atoms with E-state index >= 15 is 8.78 Å². The zero-order valence-electron chi connectivity index (χ0n) is 24.1. The first-order valence-electron chi connectivity index (χ1n) is 13.9. The van der Waals surface area contributed by atoms with E-state index in [9.17, 15) is 27.9 Å². The molecule has 2 amide bonds. The summed E-state index contributed by atoms with van der Waals surface area (Å²) < 4.78 is 87.0. The fourth-order valence-electron chi connectivity index (χ4n) is 5.29. The Morgan fingerprint density at radius 3 is 2.59 bits per heavy atom. The van der Waals surface area contributed by atoms with Gasteiger partial charge in [0.1, 0.15) is 40.5 Å². The summed E-state index contributed by atoms with van der Waals surface area (Å²) in [4.78, 5) is 29.5. The number of pyridine rings is 1. The molecule has 2 atom stereocenters. The van der Waals surface area contributed by atoms with Crippen LogP contribution in [-0.2, 0) is 15.8 Å². The van der Waals surface area contributed by atoms with Crippen molar-refractivity contribution in [2.75, 3.05) is 20.3 Å². The van der Waals surface area contributed by atoms with Crippen LogP contribution in [0.1, 0.15) is 47.4 Å². The van der Waals surface area contributed by atoms with E-state index in [1.54, 1.807) is 10.9 Å². The molecule has 4 N–H and O–H groups in total. The summed E-state index contributed by atoms with van der Waals surface area (Å²) in [5.41, 5.74) is -3.07. The van der Waals surface area contributed by atoms with Crippen LogP contribution in [-0.4, -0.2) is 58.1 Å². The van der Waals surface area contributed by atoms with Crippen molar-refractivity contribution in [3.63, 3.8) is 0 Å². The number of carbonyl (C=O) groups excluding carboxylic acids is 2. The number of aromatic nitrogens is 3. The lowest BCUT2D eigenvalue weighted by molar-refractivity contribution is -0.265. The molecule has 16 heteroatoms. The van der Waals surface area contributed by atoms with E-state index < -0.39 is 81.5 Å². The van der Waals surface area contributed by atoms with Gasteiger partial charge in [-0.15, -0.1) is 0 Å². The predicted octanol–water partition coefficient (Wildman–Crippen LogP) is 4.69. The van der Waals surface area contributed by atoms with Crippen LogP contribution in [0.4, 0.5) is 22.0 Å². The number of fused-ring (bicyclic) bond motifs is 2. The topological polar surface area (TPSA) is 142 Å². The minimum atomic E-state index is -5.51. The molecule has 1 aliphatic carbocycles. The third-order valence-electron chi connectivity index (χ3n) is 8.29. The van der Waals surface area contributed by atoms with Crippen LogP contribution in [0.15, 0.2) is 36.5 Å². The number of ether oxygens (including phenoxy) is 2. The number of rotatable bonds is 8. The second-order valence-electron chi connectivity index (χ2n) is 11.4. The van der Waals surface area contributed by atoms with Crippen LogP contribution < -0.4 is 20.5 Å². The molecule has 2 aliphatic rings. The second-order valence-corrected chi connectivity index (χ2v) is 11.8. The van der Waals surface area contributed by atoms with E-state index in [1.807, 2.05) is 0 Å². The largest absolute Gasteiger partial charge is 0.494 e. The Bertz CT molecular complexity index is 1930. The van der Waals surface area contributed by atoms with E-state index in [2.05, 4.69) is 15.4 Å². The van der Waals surface area contributed by atoms with Gasteiger partial charge in [0.2, 0.25) is 11.5 Å². The standard InChI is InChI=1S/C30H25ClF5N5O5/c1-28(27(37)43)12-46-25-16(28)9-20(39-24(25)21-18(32)6-5-17(31)22(21)33)29(44,30(34,35)36)11-38-26(42)13-7-14-10-41(15-3-4-15)40-23(14)19(8-13)45-2/h5-10,15,44H,3-4,11-12H2,1-2H3,(H2,37,43)(H,38,42)/t28-,29?/m0/s1. The van der Waals surface area contributed by atoms with E-state index in [0.717, 1.165) is 31.0 Å². The molecule has 10 nitrogen and oxygen atoms in total. The van der Waals surface area contributed by atoms with Gasteiger partial charge in [0, 0.05) is 22.7 Å². The molecule has 4 aromatic rings. The summed E-state index contributed by atoms with van der Waals surface area (Å²) in [6.45, 7) is -0.734. The van der Waals surface area contributed by atoms with Gasteiger partial charge in [0.25, 0.3) is 5.91 Å². The summed E-state index contributed by atoms with van der Waals surface area (Å²) in [6, 6.07) is 5.28. The molecule has 46 heavy (non-hydrogen) atoms. The number of amides is 2. The van der Waals surface area contributed by atoms with Gasteiger partial charge in [-0.3, -0.25) is 14.3 Å². The van der Waals surface area contributed by atoms with Crippen molar-refractivity contribution in [1.82, 2.24) is 20.1 Å². The third-order valence-corrected chi connectivity index (χ3v) is 8.58. The average Bonchev–Trinajstić information content (AvgIpc) is 3.67. The Morgan fingerprint density at radius 1 is 1.24 bits per heavy atom. The van der Waals surface area contributed by atoms with Gasteiger partial charge in [-0.05, 0) is 50.1 Å².